The molecular weight excluding hydrogens is 142 g/mol. The van der Waals surface area contributed by atoms with Crippen LogP contribution in [0.2, 0.25) is 0 Å². The van der Waals surface area contributed by atoms with Crippen molar-refractivity contribution in [2.75, 3.05) is 0 Å². The van der Waals surface area contributed by atoms with Gasteiger partial charge in [0.25, 0.3) is 0 Å². The Morgan fingerprint density at radius 3 is 3.09 bits per heavy atom. The summed E-state index contributed by atoms with van der Waals surface area (Å²) >= 11 is 0. The molecule has 1 N–H and O–H groups in total. The SMILES string of the molecule is Bc1cc(F)cc2cn[nH]c12. The van der Waals surface area contributed by atoms with Crippen molar-refractivity contribution in [1.82, 2.24) is 10.2 Å². The van der Waals surface area contributed by atoms with E-state index in [1.54, 1.807) is 6.20 Å². The second-order valence-electron chi connectivity index (χ2n) is 2.56. The van der Waals surface area contributed by atoms with E-state index in [1.165, 1.54) is 12.1 Å². The van der Waals surface area contributed by atoms with Gasteiger partial charge in [-0.05, 0) is 12.1 Å². The zero-order valence-corrected chi connectivity index (χ0v) is 6.06. The topological polar surface area (TPSA) is 28.7 Å². The summed E-state index contributed by atoms with van der Waals surface area (Å²) in [5.74, 6) is -0.212. The fourth-order valence-electron chi connectivity index (χ4n) is 1.19. The van der Waals surface area contributed by atoms with Crippen LogP contribution in [0.4, 0.5) is 4.39 Å². The molecule has 0 unspecified atom stereocenters. The highest BCUT2D eigenvalue weighted by molar-refractivity contribution is 6.38. The number of hydrogen-bond donors (Lipinski definition) is 1. The number of rotatable bonds is 0. The van der Waals surface area contributed by atoms with Gasteiger partial charge in [0.15, 0.2) is 0 Å². The first-order valence-corrected chi connectivity index (χ1v) is 3.36. The highest BCUT2D eigenvalue weighted by Crippen LogP contribution is 2.08. The van der Waals surface area contributed by atoms with E-state index in [1.807, 2.05) is 7.85 Å². The van der Waals surface area contributed by atoms with Crippen LogP contribution in [0.15, 0.2) is 18.3 Å². The molecule has 0 aliphatic heterocycles. The number of fused-ring (bicyclic) bond motifs is 1. The van der Waals surface area contributed by atoms with Gasteiger partial charge in [0, 0.05) is 5.39 Å². The first kappa shape index (κ1) is 6.40. The van der Waals surface area contributed by atoms with Gasteiger partial charge in [-0.1, -0.05) is 5.46 Å². The minimum Gasteiger partial charge on any atom is -0.278 e. The van der Waals surface area contributed by atoms with Gasteiger partial charge in [-0.25, -0.2) is 4.39 Å². The van der Waals surface area contributed by atoms with Crippen LogP contribution in [0.3, 0.4) is 0 Å². The molecule has 2 nitrogen and oxygen atoms in total. The standard InChI is InChI=1S/C7H6BFN2/c8-6-2-5(9)1-4-3-10-11-7(4)6/h1-3H,8H2,(H,10,11). The Bertz CT molecular complexity index is 396. The molecule has 0 fully saturated rings. The van der Waals surface area contributed by atoms with Gasteiger partial charge in [0.05, 0.1) is 11.7 Å². The van der Waals surface area contributed by atoms with Gasteiger partial charge in [-0.3, -0.25) is 5.10 Å². The maximum Gasteiger partial charge on any atom is 0.142 e. The minimum absolute atomic E-state index is 0.212. The lowest BCUT2D eigenvalue weighted by Gasteiger charge is -1.94. The Kier molecular flexibility index (Phi) is 1.21. The van der Waals surface area contributed by atoms with E-state index in [0.29, 0.717) is 0 Å². The Labute approximate surface area is 63.8 Å². The summed E-state index contributed by atoms with van der Waals surface area (Å²) in [6.45, 7) is 0. The minimum atomic E-state index is -0.212. The van der Waals surface area contributed by atoms with Gasteiger partial charge >= 0.3 is 0 Å². The molecule has 54 valence electrons. The second kappa shape index (κ2) is 2.08. The summed E-state index contributed by atoms with van der Waals surface area (Å²) in [5, 5.41) is 7.43. The monoisotopic (exact) mass is 148 g/mol. The fraction of sp³-hybridized carbons (Fsp3) is 0. The molecule has 11 heavy (non-hydrogen) atoms. The molecule has 0 spiro atoms. The Hall–Kier alpha value is -1.32. The zero-order chi connectivity index (χ0) is 7.84. The molecule has 1 aromatic carbocycles. The largest absolute Gasteiger partial charge is 0.278 e. The molecule has 0 aliphatic carbocycles. The Balaban J connectivity index is 2.91. The number of H-pyrrole nitrogens is 1. The summed E-state index contributed by atoms with van der Waals surface area (Å²) in [7, 11) is 1.85. The van der Waals surface area contributed by atoms with E-state index in [9.17, 15) is 4.39 Å². The number of benzene rings is 1. The number of nitrogens with one attached hydrogen (secondary N) is 1. The molecule has 2 aromatic rings. The highest BCUT2D eigenvalue weighted by Gasteiger charge is 2.00. The quantitative estimate of drug-likeness (QED) is 0.521. The van der Waals surface area contributed by atoms with Gasteiger partial charge in [0.2, 0.25) is 0 Å². The van der Waals surface area contributed by atoms with Crippen molar-refractivity contribution in [3.8, 4) is 0 Å². The summed E-state index contributed by atoms with van der Waals surface area (Å²) < 4.78 is 12.7. The predicted molar refractivity (Wildman–Crippen MR) is 44.2 cm³/mol. The van der Waals surface area contributed by atoms with E-state index in [4.69, 9.17) is 0 Å². The van der Waals surface area contributed by atoms with Crippen LogP contribution >= 0.6 is 0 Å². The van der Waals surface area contributed by atoms with E-state index in [0.717, 1.165) is 16.4 Å². The van der Waals surface area contributed by atoms with Crippen LogP contribution in [-0.2, 0) is 0 Å². The molecule has 1 heterocycles. The average Bonchev–Trinajstić information content (AvgIpc) is 2.34. The first-order chi connectivity index (χ1) is 5.27. The maximum absolute atomic E-state index is 12.7. The summed E-state index contributed by atoms with van der Waals surface area (Å²) in [6, 6.07) is 2.95. The van der Waals surface area contributed by atoms with Crippen molar-refractivity contribution in [2.45, 2.75) is 0 Å². The number of aromatic amines is 1. The third kappa shape index (κ3) is 0.907. The molecule has 2 rings (SSSR count). The van der Waals surface area contributed by atoms with Crippen molar-refractivity contribution in [2.24, 2.45) is 0 Å². The summed E-state index contributed by atoms with van der Waals surface area (Å²) in [6.07, 6.45) is 1.62. The van der Waals surface area contributed by atoms with E-state index < -0.39 is 0 Å². The number of nitrogens with zero attached hydrogens (tertiary/aromatic N) is 1. The average molecular weight is 148 g/mol. The van der Waals surface area contributed by atoms with E-state index >= 15 is 0 Å². The van der Waals surface area contributed by atoms with Crippen molar-refractivity contribution in [3.63, 3.8) is 0 Å². The normalized spacial score (nSPS) is 10.6. The van der Waals surface area contributed by atoms with E-state index in [-0.39, 0.29) is 5.82 Å². The fourth-order valence-corrected chi connectivity index (χ4v) is 1.19. The predicted octanol–water partition coefficient (Wildman–Crippen LogP) is -0.0396. The van der Waals surface area contributed by atoms with Crippen LogP contribution in [0.1, 0.15) is 0 Å². The lowest BCUT2D eigenvalue weighted by atomic mass is 9.94. The maximum atomic E-state index is 12.7. The molecular formula is C7H6BFN2. The van der Waals surface area contributed by atoms with Crippen molar-refractivity contribution in [3.05, 3.63) is 24.1 Å². The molecule has 0 aliphatic rings. The molecule has 0 saturated heterocycles. The van der Waals surface area contributed by atoms with Gasteiger partial charge in [-0.15, -0.1) is 0 Å². The molecule has 0 amide bonds. The third-order valence-corrected chi connectivity index (χ3v) is 1.71. The second-order valence-corrected chi connectivity index (χ2v) is 2.56. The Morgan fingerprint density at radius 2 is 2.27 bits per heavy atom. The lowest BCUT2D eigenvalue weighted by molar-refractivity contribution is 0.630. The number of halogens is 1. The number of aromatic nitrogens is 2. The zero-order valence-electron chi connectivity index (χ0n) is 6.06. The van der Waals surface area contributed by atoms with Crippen LogP contribution in [0.25, 0.3) is 10.9 Å². The smallest absolute Gasteiger partial charge is 0.142 e. The molecule has 0 radical (unpaired) electrons. The molecule has 0 atom stereocenters. The van der Waals surface area contributed by atoms with Crippen molar-refractivity contribution >= 4 is 24.2 Å². The van der Waals surface area contributed by atoms with Crippen molar-refractivity contribution < 1.29 is 4.39 Å². The Morgan fingerprint density at radius 1 is 1.45 bits per heavy atom. The summed E-state index contributed by atoms with van der Waals surface area (Å²) in [4.78, 5) is 0. The van der Waals surface area contributed by atoms with Crippen molar-refractivity contribution in [1.29, 1.82) is 0 Å². The van der Waals surface area contributed by atoms with E-state index in [2.05, 4.69) is 10.2 Å². The van der Waals surface area contributed by atoms with Crippen LogP contribution in [0, 0.1) is 5.82 Å². The third-order valence-electron chi connectivity index (χ3n) is 1.71. The molecule has 0 saturated carbocycles. The first-order valence-electron chi connectivity index (χ1n) is 3.36. The molecule has 1 aromatic heterocycles. The van der Waals surface area contributed by atoms with Crippen LogP contribution in [0.5, 0.6) is 0 Å². The molecule has 0 bridgehead atoms. The van der Waals surface area contributed by atoms with Gasteiger partial charge < -0.3 is 0 Å². The number of hydrogen-bond acceptors (Lipinski definition) is 1. The molecule has 4 heteroatoms. The van der Waals surface area contributed by atoms with Gasteiger partial charge in [-0.2, -0.15) is 5.10 Å². The lowest BCUT2D eigenvalue weighted by Crippen LogP contribution is -2.04. The highest BCUT2D eigenvalue weighted by atomic mass is 19.1. The van der Waals surface area contributed by atoms with Gasteiger partial charge in [0.1, 0.15) is 13.7 Å². The van der Waals surface area contributed by atoms with Crippen LogP contribution < -0.4 is 5.46 Å². The van der Waals surface area contributed by atoms with Crippen LogP contribution in [-0.4, -0.2) is 18.0 Å². The summed E-state index contributed by atoms with van der Waals surface area (Å²) in [5.41, 5.74) is 1.80.